The van der Waals surface area contributed by atoms with E-state index in [1.54, 1.807) is 0 Å². The molecule has 0 amide bonds. The summed E-state index contributed by atoms with van der Waals surface area (Å²) in [5.41, 5.74) is 2.71. The average Bonchev–Trinajstić information content (AvgIpc) is 2.60. The van der Waals surface area contributed by atoms with E-state index in [9.17, 15) is 0 Å². The first kappa shape index (κ1) is 13.8. The Labute approximate surface area is 144 Å². The van der Waals surface area contributed by atoms with Crippen molar-refractivity contribution in [1.29, 1.82) is 0 Å². The third kappa shape index (κ3) is 2.30. The van der Waals surface area contributed by atoms with E-state index in [4.69, 9.17) is 0 Å². The maximum atomic E-state index is 2.24. The van der Waals surface area contributed by atoms with Crippen LogP contribution in [0.25, 0.3) is 21.5 Å². The summed E-state index contributed by atoms with van der Waals surface area (Å²) in [6.07, 6.45) is 0. The number of rotatable bonds is 2. The van der Waals surface area contributed by atoms with Crippen LogP contribution in [0.2, 0.25) is 0 Å². The van der Waals surface area contributed by atoms with Crippen molar-refractivity contribution in [2.75, 3.05) is 0 Å². The molecule has 0 aliphatic heterocycles. The molecule has 0 atom stereocenters. The second-order valence-corrected chi connectivity index (χ2v) is 6.66. The predicted molar refractivity (Wildman–Crippen MR) is 91.1 cm³/mol. The number of hydrogen-bond acceptors (Lipinski definition) is 0. The molecule has 0 bridgehead atoms. The minimum absolute atomic E-state index is 1.31. The molecule has 0 saturated heterocycles. The third-order valence-electron chi connectivity index (χ3n) is 4.12. The molecule has 100 valence electrons. The van der Waals surface area contributed by atoms with Crippen LogP contribution in [0.15, 0.2) is 84.9 Å². The summed E-state index contributed by atoms with van der Waals surface area (Å²) in [5, 5.41) is 5.29. The van der Waals surface area contributed by atoms with E-state index in [1.165, 1.54) is 60.1 Å². The molecule has 4 aromatic carbocycles. The molecule has 0 heterocycles. The molecular weight excluding hydrogens is 343 g/mol. The van der Waals surface area contributed by atoms with Gasteiger partial charge in [0.25, 0.3) is 0 Å². The van der Waals surface area contributed by atoms with Crippen LogP contribution in [0.5, 0.6) is 0 Å². The van der Waals surface area contributed by atoms with E-state index < -0.39 is 0 Å². The number of benzene rings is 4. The second kappa shape index (κ2) is 5.74. The zero-order chi connectivity index (χ0) is 14.9. The predicted octanol–water partition coefficient (Wildman–Crippen LogP) is 5.11. The van der Waals surface area contributed by atoms with Gasteiger partial charge in [-0.3, -0.25) is 0 Å². The first-order chi connectivity index (χ1) is 10.8. The van der Waals surface area contributed by atoms with E-state index >= 15 is 0 Å². The Morgan fingerprint density at radius 1 is 0.500 bits per heavy atom. The summed E-state index contributed by atoms with van der Waals surface area (Å²) in [6.45, 7) is 0. The molecule has 0 nitrogen and oxygen atoms in total. The van der Waals surface area contributed by atoms with Gasteiger partial charge in [-0.1, -0.05) is 0 Å². The van der Waals surface area contributed by atoms with Crippen molar-refractivity contribution in [2.45, 2.75) is 0 Å². The molecule has 0 aliphatic carbocycles. The summed E-state index contributed by atoms with van der Waals surface area (Å²) >= 11 is 1.44. The second-order valence-electron chi connectivity index (χ2n) is 5.43. The molecule has 0 spiro atoms. The number of fused-ring (bicyclic) bond motifs is 2. The molecule has 1 heteroatoms. The first-order valence-corrected chi connectivity index (χ1v) is 8.62. The Balaban J connectivity index is 1.97. The van der Waals surface area contributed by atoms with Gasteiger partial charge in [0.1, 0.15) is 0 Å². The molecule has 0 aromatic heterocycles. The van der Waals surface area contributed by atoms with Crippen molar-refractivity contribution in [3.63, 3.8) is 0 Å². The molecule has 0 saturated carbocycles. The van der Waals surface area contributed by atoms with Gasteiger partial charge in [-0.05, 0) is 0 Å². The number of hydrogen-bond donors (Lipinski definition) is 0. The molecule has 4 aromatic rings. The van der Waals surface area contributed by atoms with E-state index in [0.29, 0.717) is 0 Å². The van der Waals surface area contributed by atoms with Crippen LogP contribution in [0.3, 0.4) is 0 Å². The van der Waals surface area contributed by atoms with E-state index in [-0.39, 0.29) is 0 Å². The van der Waals surface area contributed by atoms with E-state index in [1.807, 2.05) is 0 Å². The minimum atomic E-state index is 1.31. The van der Waals surface area contributed by atoms with Gasteiger partial charge in [-0.25, -0.2) is 0 Å². The standard InChI is InChI=1S/C21H14.Zr/c1-3-13-20-16(7-1)9-5-11-18(20)15-19-12-6-10-17-8-2-4-14-21(17)19;/h1-14H;/q;+2. The van der Waals surface area contributed by atoms with Crippen molar-refractivity contribution in [3.8, 4) is 0 Å². The average molecular weight is 358 g/mol. The normalized spacial score (nSPS) is 11.0. The quantitative estimate of drug-likeness (QED) is 0.468. The summed E-state index contributed by atoms with van der Waals surface area (Å²) in [4.78, 5) is 0. The molecule has 22 heavy (non-hydrogen) atoms. The van der Waals surface area contributed by atoms with Gasteiger partial charge in [0.15, 0.2) is 0 Å². The van der Waals surface area contributed by atoms with Crippen molar-refractivity contribution >= 4 is 24.8 Å². The van der Waals surface area contributed by atoms with Crippen LogP contribution in [-0.2, 0) is 24.2 Å². The van der Waals surface area contributed by atoms with E-state index in [0.717, 1.165) is 0 Å². The monoisotopic (exact) mass is 356 g/mol. The summed E-state index contributed by atoms with van der Waals surface area (Å²) in [6, 6.07) is 30.4. The van der Waals surface area contributed by atoms with Crippen LogP contribution < -0.4 is 0 Å². The van der Waals surface area contributed by atoms with Gasteiger partial charge in [-0.15, -0.1) is 0 Å². The Bertz CT molecular complexity index is 907. The Morgan fingerprint density at radius 3 is 1.41 bits per heavy atom. The molecule has 0 N–H and O–H groups in total. The van der Waals surface area contributed by atoms with E-state index in [2.05, 4.69) is 84.9 Å². The van der Waals surface area contributed by atoms with Crippen LogP contribution in [0, 0.1) is 0 Å². The Hall–Kier alpha value is -1.85. The molecule has 0 unspecified atom stereocenters. The van der Waals surface area contributed by atoms with Gasteiger partial charge >= 0.3 is 145 Å². The van der Waals surface area contributed by atoms with Gasteiger partial charge in [0.2, 0.25) is 0 Å². The van der Waals surface area contributed by atoms with Crippen LogP contribution in [0.4, 0.5) is 0 Å². The SMILES string of the molecule is [Zr+2]=[C](c1cccc2ccccc12)c1cccc2ccccc12. The zero-order valence-corrected chi connectivity index (χ0v) is 14.5. The Kier molecular flexibility index (Phi) is 3.60. The molecule has 0 aliphatic rings. The molecule has 0 radical (unpaired) electrons. The van der Waals surface area contributed by atoms with Crippen LogP contribution in [0.1, 0.15) is 11.1 Å². The van der Waals surface area contributed by atoms with Gasteiger partial charge in [0.05, 0.1) is 0 Å². The van der Waals surface area contributed by atoms with Gasteiger partial charge in [-0.2, -0.15) is 0 Å². The van der Waals surface area contributed by atoms with Crippen molar-refractivity contribution in [2.24, 2.45) is 0 Å². The molecule has 4 rings (SSSR count). The maximum absolute atomic E-state index is 2.24. The topological polar surface area (TPSA) is 0 Å². The Morgan fingerprint density at radius 2 is 0.909 bits per heavy atom. The zero-order valence-electron chi connectivity index (χ0n) is 12.1. The fraction of sp³-hybridized carbons (Fsp3) is 0. The first-order valence-electron chi connectivity index (χ1n) is 7.39. The summed E-state index contributed by atoms with van der Waals surface area (Å²) in [5.74, 6) is 0. The molecular formula is C21H14Zr+2. The van der Waals surface area contributed by atoms with Crippen LogP contribution in [-0.4, -0.2) is 3.21 Å². The summed E-state index contributed by atoms with van der Waals surface area (Å²) in [7, 11) is 0. The van der Waals surface area contributed by atoms with Gasteiger partial charge in [0, 0.05) is 0 Å². The van der Waals surface area contributed by atoms with Crippen molar-refractivity contribution in [3.05, 3.63) is 96.1 Å². The fourth-order valence-electron chi connectivity index (χ4n) is 3.03. The fourth-order valence-corrected chi connectivity index (χ4v) is 4.10. The van der Waals surface area contributed by atoms with Crippen molar-refractivity contribution < 1.29 is 24.2 Å². The van der Waals surface area contributed by atoms with Crippen LogP contribution >= 0.6 is 0 Å². The third-order valence-corrected chi connectivity index (χ3v) is 5.44. The summed E-state index contributed by atoms with van der Waals surface area (Å²) < 4.78 is 1.42. The van der Waals surface area contributed by atoms with Gasteiger partial charge < -0.3 is 0 Å². The van der Waals surface area contributed by atoms with Crippen molar-refractivity contribution in [1.82, 2.24) is 0 Å². The molecule has 0 fully saturated rings.